The Kier molecular flexibility index (Phi) is 5.01. The first-order chi connectivity index (χ1) is 11.6. The normalized spacial score (nSPS) is 17.8. The van der Waals surface area contributed by atoms with Crippen molar-refractivity contribution in [3.05, 3.63) is 40.7 Å². The highest BCUT2D eigenvalue weighted by molar-refractivity contribution is 7.18. The summed E-state index contributed by atoms with van der Waals surface area (Å²) in [5.41, 5.74) is 6.68. The molecule has 1 fully saturated rings. The van der Waals surface area contributed by atoms with Gasteiger partial charge in [-0.3, -0.25) is 9.59 Å². The Balaban J connectivity index is 1.76. The summed E-state index contributed by atoms with van der Waals surface area (Å²) >= 11 is 1.29. The number of carbonyl (C=O) groups excluding carboxylic acids is 2. The molecule has 0 radical (unpaired) electrons. The highest BCUT2D eigenvalue weighted by Gasteiger charge is 2.28. The van der Waals surface area contributed by atoms with Gasteiger partial charge in [0.25, 0.3) is 11.8 Å². The van der Waals surface area contributed by atoms with E-state index in [0.717, 1.165) is 31.4 Å². The van der Waals surface area contributed by atoms with Gasteiger partial charge >= 0.3 is 0 Å². The van der Waals surface area contributed by atoms with Crippen LogP contribution in [0.3, 0.4) is 0 Å². The number of piperidine rings is 1. The van der Waals surface area contributed by atoms with Crippen LogP contribution >= 0.6 is 11.3 Å². The van der Waals surface area contributed by atoms with Crippen molar-refractivity contribution in [3.8, 4) is 0 Å². The Morgan fingerprint density at radius 1 is 1.46 bits per heavy atom. The standard InChI is InChI=1S/C17H21N3O3S/c1-11-9-14(19-16(21)13-6-4-8-23-13)24-15(11)17(22)20-7-3-2-5-12(20)10-18/h4,6,8-9,12H,2-3,5,7,10,18H2,1H3,(H,19,21). The first kappa shape index (κ1) is 16.7. The van der Waals surface area contributed by atoms with E-state index in [0.29, 0.717) is 16.4 Å². The lowest BCUT2D eigenvalue weighted by molar-refractivity contribution is 0.0627. The molecule has 1 saturated heterocycles. The summed E-state index contributed by atoms with van der Waals surface area (Å²) in [4.78, 5) is 27.5. The highest BCUT2D eigenvalue weighted by Crippen LogP contribution is 2.30. The van der Waals surface area contributed by atoms with E-state index in [-0.39, 0.29) is 23.6 Å². The van der Waals surface area contributed by atoms with Crippen LogP contribution in [0.25, 0.3) is 0 Å². The van der Waals surface area contributed by atoms with Gasteiger partial charge in [0.05, 0.1) is 16.1 Å². The molecule has 1 atom stereocenters. The van der Waals surface area contributed by atoms with Crippen LogP contribution in [0.4, 0.5) is 5.00 Å². The summed E-state index contributed by atoms with van der Waals surface area (Å²) < 4.78 is 5.08. The van der Waals surface area contributed by atoms with E-state index in [1.54, 1.807) is 12.1 Å². The maximum Gasteiger partial charge on any atom is 0.291 e. The van der Waals surface area contributed by atoms with Crippen LogP contribution in [-0.4, -0.2) is 35.8 Å². The predicted octanol–water partition coefficient (Wildman–Crippen LogP) is 2.86. The predicted molar refractivity (Wildman–Crippen MR) is 93.4 cm³/mol. The van der Waals surface area contributed by atoms with Crippen molar-refractivity contribution >= 4 is 28.2 Å². The number of anilines is 1. The zero-order valence-electron chi connectivity index (χ0n) is 13.6. The fraction of sp³-hybridized carbons (Fsp3) is 0.412. The molecule has 0 aliphatic carbocycles. The Morgan fingerprint density at radius 3 is 3.00 bits per heavy atom. The molecular weight excluding hydrogens is 326 g/mol. The molecule has 2 aromatic rings. The number of carbonyl (C=O) groups is 2. The maximum absolute atomic E-state index is 12.9. The number of nitrogens with one attached hydrogen (secondary N) is 1. The molecule has 3 heterocycles. The number of amides is 2. The van der Waals surface area contributed by atoms with Gasteiger partial charge < -0.3 is 20.4 Å². The van der Waals surface area contributed by atoms with Gasteiger partial charge in [0, 0.05) is 19.1 Å². The lowest BCUT2D eigenvalue weighted by Crippen LogP contribution is -2.47. The number of nitrogens with two attached hydrogens (primary N) is 1. The molecule has 1 aliphatic rings. The molecule has 128 valence electrons. The SMILES string of the molecule is Cc1cc(NC(=O)c2ccco2)sc1C(=O)N1CCCCC1CN. The zero-order chi connectivity index (χ0) is 17.1. The second-order valence-corrected chi connectivity index (χ2v) is 6.99. The Bertz CT molecular complexity index is 724. The van der Waals surface area contributed by atoms with E-state index in [9.17, 15) is 9.59 Å². The van der Waals surface area contributed by atoms with E-state index in [2.05, 4.69) is 5.32 Å². The Hall–Kier alpha value is -2.12. The Morgan fingerprint density at radius 2 is 2.29 bits per heavy atom. The first-order valence-corrected chi connectivity index (χ1v) is 8.88. The molecule has 7 heteroatoms. The number of thiophene rings is 1. The Labute approximate surface area is 144 Å². The number of rotatable bonds is 4. The number of nitrogens with zero attached hydrogens (tertiary/aromatic N) is 1. The molecular formula is C17H21N3O3S. The third kappa shape index (κ3) is 3.37. The molecule has 0 spiro atoms. The van der Waals surface area contributed by atoms with Crippen molar-refractivity contribution in [2.75, 3.05) is 18.4 Å². The molecule has 2 amide bonds. The average molecular weight is 347 g/mol. The summed E-state index contributed by atoms with van der Waals surface area (Å²) in [7, 11) is 0. The molecule has 3 rings (SSSR count). The van der Waals surface area contributed by atoms with E-state index in [1.165, 1.54) is 17.6 Å². The summed E-state index contributed by atoms with van der Waals surface area (Å²) in [6.07, 6.45) is 4.52. The number of hydrogen-bond donors (Lipinski definition) is 2. The van der Waals surface area contributed by atoms with Crippen molar-refractivity contribution in [2.45, 2.75) is 32.2 Å². The molecule has 3 N–H and O–H groups in total. The van der Waals surface area contributed by atoms with Gasteiger partial charge in [-0.15, -0.1) is 11.3 Å². The smallest absolute Gasteiger partial charge is 0.291 e. The van der Waals surface area contributed by atoms with Gasteiger partial charge in [0.1, 0.15) is 0 Å². The summed E-state index contributed by atoms with van der Waals surface area (Å²) in [6, 6.07) is 5.18. The van der Waals surface area contributed by atoms with Crippen molar-refractivity contribution in [1.29, 1.82) is 0 Å². The van der Waals surface area contributed by atoms with Gasteiger partial charge in [-0.25, -0.2) is 0 Å². The van der Waals surface area contributed by atoms with E-state index in [1.807, 2.05) is 17.9 Å². The monoisotopic (exact) mass is 347 g/mol. The van der Waals surface area contributed by atoms with E-state index < -0.39 is 0 Å². The quantitative estimate of drug-likeness (QED) is 0.890. The highest BCUT2D eigenvalue weighted by atomic mass is 32.1. The zero-order valence-corrected chi connectivity index (χ0v) is 14.4. The maximum atomic E-state index is 12.9. The molecule has 24 heavy (non-hydrogen) atoms. The largest absolute Gasteiger partial charge is 0.459 e. The second kappa shape index (κ2) is 7.19. The van der Waals surface area contributed by atoms with Crippen molar-refractivity contribution in [1.82, 2.24) is 4.90 Å². The number of aryl methyl sites for hydroxylation is 1. The summed E-state index contributed by atoms with van der Waals surface area (Å²) in [5, 5.41) is 3.42. The molecule has 0 aromatic carbocycles. The van der Waals surface area contributed by atoms with Crippen LogP contribution in [0.1, 0.15) is 45.1 Å². The molecule has 0 bridgehead atoms. The molecule has 2 aromatic heterocycles. The van der Waals surface area contributed by atoms with Crippen LogP contribution in [-0.2, 0) is 0 Å². The minimum absolute atomic E-state index is 0.00569. The van der Waals surface area contributed by atoms with E-state index in [4.69, 9.17) is 10.2 Å². The third-order valence-corrected chi connectivity index (χ3v) is 5.39. The fourth-order valence-corrected chi connectivity index (χ4v) is 4.00. The van der Waals surface area contributed by atoms with Crippen molar-refractivity contribution < 1.29 is 14.0 Å². The van der Waals surface area contributed by atoms with Gasteiger partial charge in [-0.05, 0) is 49.9 Å². The van der Waals surface area contributed by atoms with Crippen LogP contribution < -0.4 is 11.1 Å². The van der Waals surface area contributed by atoms with Crippen molar-refractivity contribution in [3.63, 3.8) is 0 Å². The molecule has 6 nitrogen and oxygen atoms in total. The number of furan rings is 1. The first-order valence-electron chi connectivity index (χ1n) is 8.06. The van der Waals surface area contributed by atoms with Gasteiger partial charge in [-0.1, -0.05) is 0 Å². The number of likely N-dealkylation sites (tertiary alicyclic amines) is 1. The lowest BCUT2D eigenvalue weighted by atomic mass is 10.0. The summed E-state index contributed by atoms with van der Waals surface area (Å²) in [5.74, 6) is -0.0719. The van der Waals surface area contributed by atoms with Gasteiger partial charge in [0.15, 0.2) is 5.76 Å². The van der Waals surface area contributed by atoms with Crippen LogP contribution in [0.5, 0.6) is 0 Å². The minimum Gasteiger partial charge on any atom is -0.459 e. The average Bonchev–Trinajstić information content (AvgIpc) is 3.24. The second-order valence-electron chi connectivity index (χ2n) is 5.94. The van der Waals surface area contributed by atoms with Gasteiger partial charge in [0.2, 0.25) is 0 Å². The summed E-state index contributed by atoms with van der Waals surface area (Å²) in [6.45, 7) is 3.11. The van der Waals surface area contributed by atoms with Crippen LogP contribution in [0.2, 0.25) is 0 Å². The van der Waals surface area contributed by atoms with Gasteiger partial charge in [-0.2, -0.15) is 0 Å². The topological polar surface area (TPSA) is 88.6 Å². The molecule has 1 aliphatic heterocycles. The van der Waals surface area contributed by atoms with Crippen LogP contribution in [0, 0.1) is 6.92 Å². The fourth-order valence-electron chi connectivity index (χ4n) is 2.98. The van der Waals surface area contributed by atoms with E-state index >= 15 is 0 Å². The number of hydrogen-bond acceptors (Lipinski definition) is 5. The molecule has 1 unspecified atom stereocenters. The minimum atomic E-state index is -0.321. The third-order valence-electron chi connectivity index (χ3n) is 4.25. The van der Waals surface area contributed by atoms with Crippen molar-refractivity contribution in [2.24, 2.45) is 5.73 Å². The lowest BCUT2D eigenvalue weighted by Gasteiger charge is -2.34. The molecule has 0 saturated carbocycles. The van der Waals surface area contributed by atoms with Crippen LogP contribution in [0.15, 0.2) is 28.9 Å².